The number of anilines is 1. The van der Waals surface area contributed by atoms with Crippen molar-refractivity contribution < 1.29 is 9.53 Å². The second kappa shape index (κ2) is 10.4. The number of carbonyl (C=O) groups is 1. The molecule has 0 fully saturated rings. The SMILES string of the molecule is CCCCOc1ccc(-c2csc(NC(=O)C=Cc3ccc(Cl)c(Cl)c3)n2)cc1. The molecule has 0 saturated carbocycles. The molecule has 1 N–H and O–H groups in total. The molecule has 1 amide bonds. The summed E-state index contributed by atoms with van der Waals surface area (Å²) in [5.41, 5.74) is 2.56. The van der Waals surface area contributed by atoms with Crippen molar-refractivity contribution in [2.45, 2.75) is 19.8 Å². The highest BCUT2D eigenvalue weighted by Gasteiger charge is 2.07. The van der Waals surface area contributed by atoms with Crippen molar-refractivity contribution in [2.75, 3.05) is 11.9 Å². The number of benzene rings is 2. The van der Waals surface area contributed by atoms with Crippen molar-refractivity contribution in [1.29, 1.82) is 0 Å². The molecule has 0 unspecified atom stereocenters. The Morgan fingerprint density at radius 1 is 1.17 bits per heavy atom. The fourth-order valence-corrected chi connectivity index (χ4v) is 3.48. The number of nitrogens with one attached hydrogen (secondary N) is 1. The van der Waals surface area contributed by atoms with Gasteiger partial charge in [-0.1, -0.05) is 42.6 Å². The fourth-order valence-electron chi connectivity index (χ4n) is 2.46. The highest BCUT2D eigenvalue weighted by atomic mass is 35.5. The molecule has 1 aromatic heterocycles. The monoisotopic (exact) mass is 446 g/mol. The number of ether oxygens (including phenoxy) is 1. The van der Waals surface area contributed by atoms with Gasteiger partial charge in [-0.25, -0.2) is 4.98 Å². The fraction of sp³-hybridized carbons (Fsp3) is 0.182. The number of amides is 1. The average molecular weight is 447 g/mol. The third-order valence-electron chi connectivity index (χ3n) is 4.02. The zero-order valence-electron chi connectivity index (χ0n) is 15.8. The van der Waals surface area contributed by atoms with Gasteiger partial charge in [0.1, 0.15) is 5.75 Å². The summed E-state index contributed by atoms with van der Waals surface area (Å²) in [5, 5.41) is 6.14. The third-order valence-corrected chi connectivity index (χ3v) is 5.52. The van der Waals surface area contributed by atoms with Crippen LogP contribution in [0.15, 0.2) is 53.9 Å². The minimum Gasteiger partial charge on any atom is -0.494 e. The normalized spacial score (nSPS) is 11.0. The maximum Gasteiger partial charge on any atom is 0.250 e. The van der Waals surface area contributed by atoms with Crippen molar-refractivity contribution in [3.8, 4) is 17.0 Å². The van der Waals surface area contributed by atoms with Crippen LogP contribution in [0.5, 0.6) is 5.75 Å². The first kappa shape index (κ1) is 21.4. The summed E-state index contributed by atoms with van der Waals surface area (Å²) >= 11 is 13.2. The number of hydrogen-bond acceptors (Lipinski definition) is 4. The molecule has 0 aliphatic heterocycles. The Hall–Kier alpha value is -2.34. The molecule has 7 heteroatoms. The topological polar surface area (TPSA) is 51.2 Å². The molecule has 0 aliphatic carbocycles. The van der Waals surface area contributed by atoms with E-state index < -0.39 is 0 Å². The van der Waals surface area contributed by atoms with Gasteiger partial charge in [0.15, 0.2) is 5.13 Å². The largest absolute Gasteiger partial charge is 0.494 e. The molecule has 1 heterocycles. The summed E-state index contributed by atoms with van der Waals surface area (Å²) < 4.78 is 5.67. The van der Waals surface area contributed by atoms with Gasteiger partial charge in [0.25, 0.3) is 0 Å². The Labute approximate surface area is 184 Å². The van der Waals surface area contributed by atoms with Crippen LogP contribution in [-0.2, 0) is 4.79 Å². The standard InChI is InChI=1S/C22H20Cl2N2O2S/c1-2-3-12-28-17-8-6-16(7-9-17)20-14-29-22(25-20)26-21(27)11-5-15-4-10-18(23)19(24)13-15/h4-11,13-14H,2-3,12H2,1H3,(H,25,26,27). The Morgan fingerprint density at radius 2 is 1.97 bits per heavy atom. The third kappa shape index (κ3) is 6.32. The lowest BCUT2D eigenvalue weighted by Gasteiger charge is -2.05. The second-order valence-electron chi connectivity index (χ2n) is 6.26. The predicted octanol–water partition coefficient (Wildman–Crippen LogP) is 6.95. The molecular formula is C22H20Cl2N2O2S. The van der Waals surface area contributed by atoms with Crippen LogP contribution in [0.3, 0.4) is 0 Å². The number of unbranched alkanes of at least 4 members (excludes halogenated alkanes) is 1. The summed E-state index contributed by atoms with van der Waals surface area (Å²) in [4.78, 5) is 16.6. The average Bonchev–Trinajstić information content (AvgIpc) is 3.18. The lowest BCUT2D eigenvalue weighted by Crippen LogP contribution is -2.07. The molecule has 29 heavy (non-hydrogen) atoms. The van der Waals surface area contributed by atoms with E-state index >= 15 is 0 Å². The van der Waals surface area contributed by atoms with Crippen LogP contribution < -0.4 is 10.1 Å². The Morgan fingerprint density at radius 3 is 2.69 bits per heavy atom. The van der Waals surface area contributed by atoms with Crippen LogP contribution in [0.2, 0.25) is 10.0 Å². The van der Waals surface area contributed by atoms with Crippen LogP contribution in [0, 0.1) is 0 Å². The van der Waals surface area contributed by atoms with Crippen LogP contribution in [-0.4, -0.2) is 17.5 Å². The van der Waals surface area contributed by atoms with Crippen molar-refractivity contribution >= 4 is 51.7 Å². The molecule has 0 atom stereocenters. The van der Waals surface area contributed by atoms with Gasteiger partial charge in [0.2, 0.25) is 5.91 Å². The molecule has 0 saturated heterocycles. The molecule has 0 spiro atoms. The number of carbonyl (C=O) groups excluding carboxylic acids is 1. The van der Waals surface area contributed by atoms with Gasteiger partial charge in [0, 0.05) is 17.0 Å². The molecule has 3 aromatic rings. The summed E-state index contributed by atoms with van der Waals surface area (Å²) in [5.74, 6) is 0.579. The van der Waals surface area contributed by atoms with Crippen LogP contribution in [0.4, 0.5) is 5.13 Å². The molecule has 2 aromatic carbocycles. The molecular weight excluding hydrogens is 427 g/mol. The van der Waals surface area contributed by atoms with Crippen LogP contribution in [0.1, 0.15) is 25.3 Å². The van der Waals surface area contributed by atoms with Gasteiger partial charge in [0.05, 0.1) is 22.3 Å². The summed E-state index contributed by atoms with van der Waals surface area (Å²) in [6.07, 6.45) is 5.25. The van der Waals surface area contributed by atoms with Crippen LogP contribution >= 0.6 is 34.5 Å². The summed E-state index contributed by atoms with van der Waals surface area (Å²) in [6.45, 7) is 2.85. The van der Waals surface area contributed by atoms with Crippen molar-refractivity contribution in [1.82, 2.24) is 4.98 Å². The minimum atomic E-state index is -0.267. The van der Waals surface area contributed by atoms with Crippen molar-refractivity contribution in [2.24, 2.45) is 0 Å². The van der Waals surface area contributed by atoms with E-state index in [1.807, 2.05) is 29.6 Å². The lowest BCUT2D eigenvalue weighted by atomic mass is 10.2. The number of halogens is 2. The molecule has 0 bridgehead atoms. The second-order valence-corrected chi connectivity index (χ2v) is 7.93. The predicted molar refractivity (Wildman–Crippen MR) is 122 cm³/mol. The van der Waals surface area contributed by atoms with Gasteiger partial charge in [-0.15, -0.1) is 11.3 Å². The number of aromatic nitrogens is 1. The Bertz CT molecular complexity index is 1000. The van der Waals surface area contributed by atoms with E-state index in [2.05, 4.69) is 17.2 Å². The van der Waals surface area contributed by atoms with E-state index in [1.54, 1.807) is 24.3 Å². The Balaban J connectivity index is 1.58. The minimum absolute atomic E-state index is 0.267. The summed E-state index contributed by atoms with van der Waals surface area (Å²) in [7, 11) is 0. The molecule has 3 rings (SSSR count). The maximum atomic E-state index is 12.1. The quantitative estimate of drug-likeness (QED) is 0.300. The first-order chi connectivity index (χ1) is 14.0. The molecule has 0 aliphatic rings. The lowest BCUT2D eigenvalue weighted by molar-refractivity contribution is -0.111. The first-order valence-corrected chi connectivity index (χ1v) is 10.8. The zero-order chi connectivity index (χ0) is 20.6. The van der Waals surface area contributed by atoms with Gasteiger partial charge >= 0.3 is 0 Å². The molecule has 4 nitrogen and oxygen atoms in total. The van der Waals surface area contributed by atoms with E-state index in [9.17, 15) is 4.79 Å². The van der Waals surface area contributed by atoms with E-state index in [4.69, 9.17) is 27.9 Å². The van der Waals surface area contributed by atoms with Gasteiger partial charge in [-0.2, -0.15) is 0 Å². The highest BCUT2D eigenvalue weighted by Crippen LogP contribution is 2.27. The van der Waals surface area contributed by atoms with Crippen LogP contribution in [0.25, 0.3) is 17.3 Å². The first-order valence-electron chi connectivity index (χ1n) is 9.18. The van der Waals surface area contributed by atoms with E-state index in [1.165, 1.54) is 17.4 Å². The highest BCUT2D eigenvalue weighted by molar-refractivity contribution is 7.14. The smallest absolute Gasteiger partial charge is 0.250 e. The van der Waals surface area contributed by atoms with E-state index in [0.717, 1.165) is 42.0 Å². The summed E-state index contributed by atoms with van der Waals surface area (Å²) in [6, 6.07) is 13.0. The number of nitrogens with zero attached hydrogens (tertiary/aromatic N) is 1. The van der Waals surface area contributed by atoms with Gasteiger partial charge < -0.3 is 4.74 Å². The molecule has 150 valence electrons. The molecule has 0 radical (unpaired) electrons. The maximum absolute atomic E-state index is 12.1. The number of thiazole rings is 1. The van der Waals surface area contributed by atoms with E-state index in [-0.39, 0.29) is 5.91 Å². The van der Waals surface area contributed by atoms with Crippen molar-refractivity contribution in [3.05, 3.63) is 69.5 Å². The zero-order valence-corrected chi connectivity index (χ0v) is 18.2. The Kier molecular flexibility index (Phi) is 7.69. The van der Waals surface area contributed by atoms with Gasteiger partial charge in [-0.3, -0.25) is 10.1 Å². The number of hydrogen-bond donors (Lipinski definition) is 1. The van der Waals surface area contributed by atoms with Crippen molar-refractivity contribution in [3.63, 3.8) is 0 Å². The van der Waals surface area contributed by atoms with Gasteiger partial charge in [-0.05, 0) is 54.5 Å². The number of rotatable bonds is 8. The van der Waals surface area contributed by atoms with E-state index in [0.29, 0.717) is 15.2 Å².